The largest absolute Gasteiger partial charge is 0.452 e. The minimum atomic E-state index is -1.30. The van der Waals surface area contributed by atoms with E-state index in [2.05, 4.69) is 0 Å². The summed E-state index contributed by atoms with van der Waals surface area (Å²) >= 11 is 1.24. The molecule has 0 bridgehead atoms. The third kappa shape index (κ3) is 2.21. The number of rotatable bonds is 1. The lowest BCUT2D eigenvalue weighted by Crippen LogP contribution is -2.58. The Morgan fingerprint density at radius 3 is 2.70 bits per heavy atom. The van der Waals surface area contributed by atoms with Crippen LogP contribution in [0.4, 0.5) is 0 Å². The number of esters is 1. The highest BCUT2D eigenvalue weighted by atomic mass is 32.2. The monoisotopic (exact) mass is 298 g/mol. The molecule has 108 valence electrons. The third-order valence-corrected chi connectivity index (χ3v) is 4.64. The van der Waals surface area contributed by atoms with Crippen LogP contribution in [-0.2, 0) is 9.47 Å². The number of hydrogen-bond donors (Lipinski definition) is 3. The van der Waals surface area contributed by atoms with Gasteiger partial charge in [0.15, 0.2) is 6.10 Å². The fourth-order valence-electron chi connectivity index (χ4n) is 2.33. The summed E-state index contributed by atoms with van der Waals surface area (Å²) in [5.74, 6) is -0.558. The molecule has 0 radical (unpaired) electrons. The number of aliphatic hydroxyl groups is 3. The third-order valence-electron chi connectivity index (χ3n) is 3.42. The SMILES string of the molecule is O=C1O[C@@H]2[C@@H](O)[C@H](O)[C@@H](CO)O[C@H]2Sc2ccccc21. The summed E-state index contributed by atoms with van der Waals surface area (Å²) in [6.07, 6.45) is -4.46. The summed E-state index contributed by atoms with van der Waals surface area (Å²) in [5, 5.41) is 29.1. The van der Waals surface area contributed by atoms with Gasteiger partial charge in [0.05, 0.1) is 12.2 Å². The normalized spacial score (nSPS) is 36.5. The average Bonchev–Trinajstić information content (AvgIpc) is 2.60. The van der Waals surface area contributed by atoms with E-state index in [9.17, 15) is 20.1 Å². The average molecular weight is 298 g/mol. The Kier molecular flexibility index (Phi) is 3.70. The summed E-state index contributed by atoms with van der Waals surface area (Å²) in [6.45, 7) is -0.419. The second kappa shape index (κ2) is 5.34. The van der Waals surface area contributed by atoms with E-state index in [1.807, 2.05) is 0 Å². The maximum atomic E-state index is 12.0. The van der Waals surface area contributed by atoms with Crippen LogP contribution in [0.15, 0.2) is 29.2 Å². The van der Waals surface area contributed by atoms with Gasteiger partial charge in [-0.1, -0.05) is 23.9 Å². The lowest BCUT2D eigenvalue weighted by atomic mass is 10.00. The van der Waals surface area contributed by atoms with E-state index in [-0.39, 0.29) is 0 Å². The molecule has 1 fully saturated rings. The van der Waals surface area contributed by atoms with Crippen molar-refractivity contribution in [1.82, 2.24) is 0 Å². The van der Waals surface area contributed by atoms with Crippen LogP contribution in [-0.4, -0.2) is 57.7 Å². The van der Waals surface area contributed by atoms with E-state index in [1.165, 1.54) is 11.8 Å². The second-order valence-corrected chi connectivity index (χ2v) is 5.83. The molecule has 1 saturated heterocycles. The van der Waals surface area contributed by atoms with Crippen LogP contribution in [0.1, 0.15) is 10.4 Å². The van der Waals surface area contributed by atoms with Crippen LogP contribution in [0.25, 0.3) is 0 Å². The summed E-state index contributed by atoms with van der Waals surface area (Å²) in [6, 6.07) is 6.90. The van der Waals surface area contributed by atoms with Crippen LogP contribution in [0.5, 0.6) is 0 Å². The zero-order valence-corrected chi connectivity index (χ0v) is 11.2. The van der Waals surface area contributed by atoms with Crippen LogP contribution in [0, 0.1) is 0 Å². The van der Waals surface area contributed by atoms with Gasteiger partial charge in [0.2, 0.25) is 0 Å². The lowest BCUT2D eigenvalue weighted by molar-refractivity contribution is -0.205. The van der Waals surface area contributed by atoms with E-state index in [4.69, 9.17) is 9.47 Å². The highest BCUT2D eigenvalue weighted by Crippen LogP contribution is 2.39. The van der Waals surface area contributed by atoms with E-state index in [0.717, 1.165) is 0 Å². The van der Waals surface area contributed by atoms with Crippen molar-refractivity contribution in [3.63, 3.8) is 0 Å². The topological polar surface area (TPSA) is 96.2 Å². The van der Waals surface area contributed by atoms with E-state index in [1.54, 1.807) is 24.3 Å². The van der Waals surface area contributed by atoms with Gasteiger partial charge in [-0.3, -0.25) is 0 Å². The van der Waals surface area contributed by atoms with Crippen LogP contribution in [0.2, 0.25) is 0 Å². The maximum absolute atomic E-state index is 12.0. The lowest BCUT2D eigenvalue weighted by Gasteiger charge is -2.40. The van der Waals surface area contributed by atoms with Crippen molar-refractivity contribution < 1.29 is 29.6 Å². The Hall–Kier alpha value is -1.12. The first-order valence-corrected chi connectivity index (χ1v) is 7.09. The first-order valence-electron chi connectivity index (χ1n) is 6.21. The molecule has 0 aliphatic carbocycles. The van der Waals surface area contributed by atoms with Gasteiger partial charge in [-0.25, -0.2) is 4.79 Å². The quantitative estimate of drug-likeness (QED) is 0.616. The van der Waals surface area contributed by atoms with Gasteiger partial charge in [0.25, 0.3) is 0 Å². The first-order chi connectivity index (χ1) is 9.61. The van der Waals surface area contributed by atoms with Gasteiger partial charge >= 0.3 is 5.97 Å². The number of carbonyl (C=O) groups excluding carboxylic acids is 1. The Morgan fingerprint density at radius 1 is 1.20 bits per heavy atom. The number of fused-ring (bicyclic) bond motifs is 2. The van der Waals surface area contributed by atoms with Gasteiger partial charge in [-0.2, -0.15) is 0 Å². The van der Waals surface area contributed by atoms with Gasteiger partial charge in [0, 0.05) is 4.90 Å². The smallest absolute Gasteiger partial charge is 0.339 e. The molecule has 0 amide bonds. The molecule has 6 nitrogen and oxygen atoms in total. The molecular weight excluding hydrogens is 284 g/mol. The Bertz CT molecular complexity index is 521. The van der Waals surface area contributed by atoms with Crippen molar-refractivity contribution in [3.8, 4) is 0 Å². The van der Waals surface area contributed by atoms with E-state index < -0.39 is 42.4 Å². The van der Waals surface area contributed by atoms with Gasteiger partial charge in [0.1, 0.15) is 23.7 Å². The van der Waals surface area contributed by atoms with Gasteiger partial charge in [-0.15, -0.1) is 0 Å². The zero-order valence-electron chi connectivity index (χ0n) is 10.4. The van der Waals surface area contributed by atoms with Crippen molar-refractivity contribution in [2.45, 2.75) is 34.7 Å². The summed E-state index contributed by atoms with van der Waals surface area (Å²) in [4.78, 5) is 12.7. The Morgan fingerprint density at radius 2 is 1.95 bits per heavy atom. The Labute approximate surface area is 119 Å². The molecule has 7 heteroatoms. The van der Waals surface area contributed by atoms with Crippen molar-refractivity contribution in [1.29, 1.82) is 0 Å². The standard InChI is InChI=1S/C13H14O6S/c14-5-7-9(15)10(16)11-13(18-7)20-8-4-2-1-3-6(8)12(17)19-11/h1-4,7,9-11,13-16H,5H2/t7-,9-,10+,11-,13+/m1/s1. The van der Waals surface area contributed by atoms with Crippen LogP contribution in [0.3, 0.4) is 0 Å². The number of benzene rings is 1. The van der Waals surface area contributed by atoms with Crippen molar-refractivity contribution in [3.05, 3.63) is 29.8 Å². The predicted molar refractivity (Wildman–Crippen MR) is 69.3 cm³/mol. The molecule has 5 atom stereocenters. The van der Waals surface area contributed by atoms with E-state index in [0.29, 0.717) is 10.5 Å². The fourth-order valence-corrected chi connectivity index (χ4v) is 3.56. The number of hydrogen-bond acceptors (Lipinski definition) is 7. The molecule has 20 heavy (non-hydrogen) atoms. The molecular formula is C13H14O6S. The number of carbonyl (C=O) groups is 1. The highest BCUT2D eigenvalue weighted by molar-refractivity contribution is 8.00. The van der Waals surface area contributed by atoms with Gasteiger partial charge < -0.3 is 24.8 Å². The first kappa shape index (κ1) is 13.8. The molecule has 0 unspecified atom stereocenters. The van der Waals surface area contributed by atoms with E-state index >= 15 is 0 Å². The fraction of sp³-hybridized carbons (Fsp3) is 0.462. The number of aliphatic hydroxyl groups excluding tert-OH is 3. The van der Waals surface area contributed by atoms with Crippen molar-refractivity contribution >= 4 is 17.7 Å². The number of ether oxygens (including phenoxy) is 2. The molecule has 0 spiro atoms. The summed E-state index contributed by atoms with van der Waals surface area (Å²) < 4.78 is 10.8. The molecule has 2 aliphatic rings. The molecule has 3 N–H and O–H groups in total. The Balaban J connectivity index is 1.94. The minimum absolute atomic E-state index is 0.401. The van der Waals surface area contributed by atoms with Crippen molar-refractivity contribution in [2.75, 3.05) is 6.61 Å². The molecule has 1 aromatic rings. The van der Waals surface area contributed by atoms with Crippen molar-refractivity contribution in [2.24, 2.45) is 0 Å². The number of thioether (sulfide) groups is 1. The molecule has 1 aromatic carbocycles. The molecule has 0 saturated carbocycles. The highest BCUT2D eigenvalue weighted by Gasteiger charge is 2.48. The molecule has 0 aromatic heterocycles. The predicted octanol–water partition coefficient (Wildman–Crippen LogP) is -0.243. The summed E-state index contributed by atoms with van der Waals surface area (Å²) in [7, 11) is 0. The van der Waals surface area contributed by atoms with Crippen LogP contribution >= 0.6 is 11.8 Å². The molecule has 3 rings (SSSR count). The second-order valence-electron chi connectivity index (χ2n) is 4.69. The molecule has 2 aliphatic heterocycles. The maximum Gasteiger partial charge on any atom is 0.339 e. The summed E-state index contributed by atoms with van der Waals surface area (Å²) in [5.41, 5.74) is -0.268. The molecule has 2 heterocycles. The van der Waals surface area contributed by atoms with Crippen LogP contribution < -0.4 is 0 Å². The van der Waals surface area contributed by atoms with Gasteiger partial charge in [-0.05, 0) is 12.1 Å². The zero-order chi connectivity index (χ0) is 14.3. The minimum Gasteiger partial charge on any atom is -0.452 e.